The third-order valence-corrected chi connectivity index (χ3v) is 2.60. The van der Waals surface area contributed by atoms with E-state index in [-0.39, 0.29) is 11.7 Å². The van der Waals surface area contributed by atoms with Gasteiger partial charge in [0.15, 0.2) is 0 Å². The van der Waals surface area contributed by atoms with Crippen molar-refractivity contribution in [3.05, 3.63) is 29.8 Å². The van der Waals surface area contributed by atoms with E-state index in [4.69, 9.17) is 5.73 Å². The molecule has 0 atom stereocenters. The van der Waals surface area contributed by atoms with Crippen molar-refractivity contribution in [1.29, 1.82) is 0 Å². The van der Waals surface area contributed by atoms with Crippen LogP contribution in [0.25, 0.3) is 0 Å². The maximum Gasteiger partial charge on any atom is 0.573 e. The molecular formula is C13H17F3N2O2. The van der Waals surface area contributed by atoms with Gasteiger partial charge in [-0.05, 0) is 30.7 Å². The summed E-state index contributed by atoms with van der Waals surface area (Å²) in [7, 11) is 1.64. The lowest BCUT2D eigenvalue weighted by Gasteiger charge is -2.17. The molecule has 20 heavy (non-hydrogen) atoms. The number of alkyl halides is 3. The van der Waals surface area contributed by atoms with Crippen LogP contribution in [0.3, 0.4) is 0 Å². The van der Waals surface area contributed by atoms with Crippen LogP contribution >= 0.6 is 0 Å². The zero-order chi connectivity index (χ0) is 15.2. The molecule has 0 unspecified atom stereocenters. The van der Waals surface area contributed by atoms with E-state index in [2.05, 4.69) is 4.74 Å². The van der Waals surface area contributed by atoms with Gasteiger partial charge in [0.1, 0.15) is 5.75 Å². The Hall–Kier alpha value is -1.76. The quantitative estimate of drug-likeness (QED) is 0.874. The van der Waals surface area contributed by atoms with Crippen LogP contribution in [-0.2, 0) is 11.3 Å². The summed E-state index contributed by atoms with van der Waals surface area (Å²) in [6.45, 7) is 0.777. The lowest BCUT2D eigenvalue weighted by Crippen LogP contribution is -2.26. The molecule has 0 saturated heterocycles. The Morgan fingerprint density at radius 3 is 2.40 bits per heavy atom. The maximum absolute atomic E-state index is 12.0. The Balaban J connectivity index is 2.54. The number of amides is 1. The van der Waals surface area contributed by atoms with Crippen LogP contribution in [0.4, 0.5) is 13.2 Å². The Labute approximate surface area is 115 Å². The van der Waals surface area contributed by atoms with Crippen LogP contribution in [0.1, 0.15) is 18.4 Å². The van der Waals surface area contributed by atoms with Gasteiger partial charge in [0.2, 0.25) is 5.91 Å². The zero-order valence-electron chi connectivity index (χ0n) is 11.1. The molecule has 1 rings (SSSR count). The second kappa shape index (κ2) is 7.14. The molecule has 0 radical (unpaired) electrons. The molecule has 1 aromatic rings. The van der Waals surface area contributed by atoms with E-state index in [1.54, 1.807) is 7.05 Å². The first kappa shape index (κ1) is 16.3. The van der Waals surface area contributed by atoms with Crippen molar-refractivity contribution in [3.63, 3.8) is 0 Å². The molecule has 2 N–H and O–H groups in total. The first-order valence-electron chi connectivity index (χ1n) is 6.10. The summed E-state index contributed by atoms with van der Waals surface area (Å²) in [5.74, 6) is -0.329. The molecule has 0 aromatic heterocycles. The highest BCUT2D eigenvalue weighted by molar-refractivity contribution is 5.75. The van der Waals surface area contributed by atoms with Gasteiger partial charge in [0, 0.05) is 20.0 Å². The molecule has 1 aromatic carbocycles. The van der Waals surface area contributed by atoms with Crippen molar-refractivity contribution in [2.24, 2.45) is 5.73 Å². The van der Waals surface area contributed by atoms with Crippen LogP contribution in [-0.4, -0.2) is 30.8 Å². The largest absolute Gasteiger partial charge is 0.573 e. The SMILES string of the molecule is CN(Cc1ccc(OC(F)(F)F)cc1)C(=O)CCCN. The number of nitrogens with zero attached hydrogens (tertiary/aromatic N) is 1. The van der Waals surface area contributed by atoms with Gasteiger partial charge >= 0.3 is 6.36 Å². The predicted molar refractivity (Wildman–Crippen MR) is 67.9 cm³/mol. The number of carbonyl (C=O) groups excluding carboxylic acids is 1. The van der Waals surface area contributed by atoms with Crippen LogP contribution in [0.15, 0.2) is 24.3 Å². The molecule has 0 aliphatic carbocycles. The normalized spacial score (nSPS) is 11.2. The number of carbonyl (C=O) groups is 1. The van der Waals surface area contributed by atoms with Gasteiger partial charge in [0.05, 0.1) is 0 Å². The van der Waals surface area contributed by atoms with Crippen molar-refractivity contribution in [2.45, 2.75) is 25.7 Å². The Bertz CT molecular complexity index is 432. The van der Waals surface area contributed by atoms with Gasteiger partial charge in [-0.3, -0.25) is 4.79 Å². The van der Waals surface area contributed by atoms with E-state index >= 15 is 0 Å². The first-order chi connectivity index (χ1) is 9.31. The molecule has 0 fully saturated rings. The molecule has 0 bridgehead atoms. The number of hydrogen-bond acceptors (Lipinski definition) is 3. The summed E-state index contributed by atoms with van der Waals surface area (Å²) in [5, 5.41) is 0. The Morgan fingerprint density at radius 2 is 1.90 bits per heavy atom. The maximum atomic E-state index is 12.0. The second-order valence-electron chi connectivity index (χ2n) is 4.33. The number of halogens is 3. The minimum absolute atomic E-state index is 0.0499. The molecule has 7 heteroatoms. The zero-order valence-corrected chi connectivity index (χ0v) is 11.1. The number of rotatable bonds is 6. The average Bonchev–Trinajstić information content (AvgIpc) is 2.36. The van der Waals surface area contributed by atoms with Gasteiger partial charge < -0.3 is 15.4 Å². The minimum atomic E-state index is -4.70. The molecule has 0 heterocycles. The summed E-state index contributed by atoms with van der Waals surface area (Å²) in [6, 6.07) is 5.43. The lowest BCUT2D eigenvalue weighted by molar-refractivity contribution is -0.274. The van der Waals surface area contributed by atoms with Crippen LogP contribution in [0, 0.1) is 0 Å². The number of ether oxygens (including phenoxy) is 1. The number of nitrogens with two attached hydrogens (primary N) is 1. The average molecular weight is 290 g/mol. The molecule has 0 spiro atoms. The van der Waals surface area contributed by atoms with Gasteiger partial charge in [-0.15, -0.1) is 13.2 Å². The van der Waals surface area contributed by atoms with Crippen molar-refractivity contribution in [1.82, 2.24) is 4.90 Å². The molecular weight excluding hydrogens is 273 g/mol. The summed E-state index contributed by atoms with van der Waals surface area (Å²) >= 11 is 0. The van der Waals surface area contributed by atoms with E-state index in [1.807, 2.05) is 0 Å². The highest BCUT2D eigenvalue weighted by atomic mass is 19.4. The van der Waals surface area contributed by atoms with Crippen molar-refractivity contribution in [3.8, 4) is 5.75 Å². The molecule has 0 aliphatic rings. The fourth-order valence-corrected chi connectivity index (χ4v) is 1.60. The Kier molecular flexibility index (Phi) is 5.82. The van der Waals surface area contributed by atoms with Crippen LogP contribution < -0.4 is 10.5 Å². The van der Waals surface area contributed by atoms with E-state index in [0.717, 1.165) is 5.56 Å². The summed E-state index contributed by atoms with van der Waals surface area (Å²) in [5.41, 5.74) is 6.05. The van der Waals surface area contributed by atoms with Crippen LogP contribution in [0.2, 0.25) is 0 Å². The highest BCUT2D eigenvalue weighted by Gasteiger charge is 2.30. The molecule has 0 aliphatic heterocycles. The third-order valence-electron chi connectivity index (χ3n) is 2.60. The van der Waals surface area contributed by atoms with Gasteiger partial charge in [-0.2, -0.15) is 0 Å². The smallest absolute Gasteiger partial charge is 0.406 e. The fourth-order valence-electron chi connectivity index (χ4n) is 1.60. The molecule has 4 nitrogen and oxygen atoms in total. The van der Waals surface area contributed by atoms with E-state index in [1.165, 1.54) is 29.2 Å². The van der Waals surface area contributed by atoms with Crippen molar-refractivity contribution >= 4 is 5.91 Å². The minimum Gasteiger partial charge on any atom is -0.406 e. The van der Waals surface area contributed by atoms with Gasteiger partial charge in [-0.25, -0.2) is 0 Å². The highest BCUT2D eigenvalue weighted by Crippen LogP contribution is 2.23. The summed E-state index contributed by atoms with van der Waals surface area (Å²) < 4.78 is 39.7. The molecule has 112 valence electrons. The van der Waals surface area contributed by atoms with E-state index in [9.17, 15) is 18.0 Å². The summed E-state index contributed by atoms with van der Waals surface area (Å²) in [4.78, 5) is 13.2. The first-order valence-corrected chi connectivity index (χ1v) is 6.10. The number of benzene rings is 1. The fraction of sp³-hybridized carbons (Fsp3) is 0.462. The van der Waals surface area contributed by atoms with E-state index < -0.39 is 6.36 Å². The monoisotopic (exact) mass is 290 g/mol. The predicted octanol–water partition coefficient (Wildman–Crippen LogP) is 2.28. The Morgan fingerprint density at radius 1 is 1.30 bits per heavy atom. The van der Waals surface area contributed by atoms with E-state index in [0.29, 0.717) is 25.9 Å². The van der Waals surface area contributed by atoms with Crippen molar-refractivity contribution in [2.75, 3.05) is 13.6 Å². The van der Waals surface area contributed by atoms with Crippen molar-refractivity contribution < 1.29 is 22.7 Å². The van der Waals surface area contributed by atoms with Gasteiger partial charge in [-0.1, -0.05) is 12.1 Å². The number of hydrogen-bond donors (Lipinski definition) is 1. The molecule has 0 saturated carbocycles. The molecule has 1 amide bonds. The second-order valence-corrected chi connectivity index (χ2v) is 4.33. The lowest BCUT2D eigenvalue weighted by atomic mass is 10.2. The standard InChI is InChI=1S/C13H17F3N2O2/c1-18(12(19)3-2-8-17)9-10-4-6-11(7-5-10)20-13(14,15)16/h4-7H,2-3,8-9,17H2,1H3. The van der Waals surface area contributed by atoms with Gasteiger partial charge in [0.25, 0.3) is 0 Å². The van der Waals surface area contributed by atoms with Crippen LogP contribution in [0.5, 0.6) is 5.75 Å². The topological polar surface area (TPSA) is 55.6 Å². The third kappa shape index (κ3) is 5.92. The summed E-state index contributed by atoms with van der Waals surface area (Å²) in [6.07, 6.45) is -3.72.